The van der Waals surface area contributed by atoms with Gasteiger partial charge in [0.15, 0.2) is 0 Å². The molecule has 28 heavy (non-hydrogen) atoms. The largest absolute Gasteiger partial charge is 0.500 e. The number of carbonyl (C=O) groups is 1. The van der Waals surface area contributed by atoms with Crippen molar-refractivity contribution in [2.24, 2.45) is 5.92 Å². The molecule has 0 aromatic heterocycles. The molecule has 8 heteroatoms. The number of nitrogens with zero attached hydrogens (tertiary/aromatic N) is 1. The van der Waals surface area contributed by atoms with Gasteiger partial charge in [0.1, 0.15) is 0 Å². The summed E-state index contributed by atoms with van der Waals surface area (Å²) < 4.78 is 21.6. The van der Waals surface area contributed by atoms with Crippen molar-refractivity contribution in [2.75, 3.05) is 41.5 Å². The predicted octanol–water partition coefficient (Wildman–Crippen LogP) is 2.67. The van der Waals surface area contributed by atoms with Crippen molar-refractivity contribution in [2.45, 2.75) is 77.0 Å². The van der Waals surface area contributed by atoms with Crippen molar-refractivity contribution < 1.29 is 22.8 Å². The molecule has 0 spiro atoms. The number of hydrogen-bond donors (Lipinski definition) is 1. The molecule has 0 aromatic rings. The number of hydrogen-bond acceptors (Lipinski definition) is 7. The number of piperidine rings is 1. The van der Waals surface area contributed by atoms with E-state index in [-0.39, 0.29) is 23.0 Å². The van der Waals surface area contributed by atoms with Crippen LogP contribution in [0.4, 0.5) is 0 Å². The number of rotatable bonds is 11. The van der Waals surface area contributed by atoms with Gasteiger partial charge < -0.3 is 23.3 Å². The van der Waals surface area contributed by atoms with E-state index < -0.39 is 8.80 Å². The van der Waals surface area contributed by atoms with Gasteiger partial charge in [0.05, 0.1) is 12.5 Å². The first-order chi connectivity index (χ1) is 12.9. The summed E-state index contributed by atoms with van der Waals surface area (Å²) >= 11 is 0. The minimum Gasteiger partial charge on any atom is -0.465 e. The minimum atomic E-state index is -2.60. The fraction of sp³-hybridized carbons (Fsp3) is 0.950. The van der Waals surface area contributed by atoms with Crippen LogP contribution >= 0.6 is 0 Å². The van der Waals surface area contributed by atoms with Crippen molar-refractivity contribution in [3.05, 3.63) is 0 Å². The monoisotopic (exact) mass is 418 g/mol. The number of nitrogens with one attached hydrogen (secondary N) is 1. The molecule has 166 valence electrons. The second kappa shape index (κ2) is 10.5. The minimum absolute atomic E-state index is 0.129. The predicted molar refractivity (Wildman–Crippen MR) is 113 cm³/mol. The van der Waals surface area contributed by atoms with Crippen molar-refractivity contribution in [1.29, 1.82) is 0 Å². The SMILES string of the molecule is CO[Si](CCCOC(=O)C(C)CNC1CC(C)(C)N(C)C(C)(C)C1)(OC)OC. The molecule has 1 N–H and O–H groups in total. The van der Waals surface area contributed by atoms with Gasteiger partial charge in [0.2, 0.25) is 0 Å². The maximum Gasteiger partial charge on any atom is 0.500 e. The van der Waals surface area contributed by atoms with E-state index in [2.05, 4.69) is 45.0 Å². The van der Waals surface area contributed by atoms with E-state index in [4.69, 9.17) is 18.0 Å². The molecular weight excluding hydrogens is 376 g/mol. The van der Waals surface area contributed by atoms with Crippen LogP contribution in [0.15, 0.2) is 0 Å². The van der Waals surface area contributed by atoms with Crippen LogP contribution in [0.3, 0.4) is 0 Å². The molecule has 1 aliphatic rings. The summed E-state index contributed by atoms with van der Waals surface area (Å²) in [5.74, 6) is -0.348. The smallest absolute Gasteiger partial charge is 0.465 e. The van der Waals surface area contributed by atoms with Gasteiger partial charge in [0.25, 0.3) is 0 Å². The van der Waals surface area contributed by atoms with E-state index in [9.17, 15) is 4.79 Å². The van der Waals surface area contributed by atoms with Gasteiger partial charge in [-0.15, -0.1) is 0 Å². The first kappa shape index (κ1) is 25.5. The average Bonchev–Trinajstić information content (AvgIpc) is 2.64. The Morgan fingerprint density at radius 2 is 1.61 bits per heavy atom. The van der Waals surface area contributed by atoms with E-state index >= 15 is 0 Å². The van der Waals surface area contributed by atoms with E-state index in [1.807, 2.05) is 6.92 Å². The molecule has 0 aliphatic carbocycles. The van der Waals surface area contributed by atoms with Gasteiger partial charge >= 0.3 is 14.8 Å². The van der Waals surface area contributed by atoms with E-state index in [1.165, 1.54) is 0 Å². The lowest BCUT2D eigenvalue weighted by atomic mass is 9.77. The Morgan fingerprint density at radius 1 is 1.11 bits per heavy atom. The standard InChI is InChI=1S/C20H42N2O5Si/c1-16(18(23)27-11-10-12-28(24-7,25-8)26-9)15-21-17-13-19(2,3)22(6)20(4,5)14-17/h16-17,21H,10-15H2,1-9H3. The third kappa shape index (κ3) is 6.78. The summed E-state index contributed by atoms with van der Waals surface area (Å²) in [4.78, 5) is 14.8. The molecule has 0 amide bonds. The molecule has 0 aromatic carbocycles. The van der Waals surface area contributed by atoms with Crippen molar-refractivity contribution in [3.63, 3.8) is 0 Å². The summed E-state index contributed by atoms with van der Waals surface area (Å²) in [5.41, 5.74) is 0.257. The van der Waals surface area contributed by atoms with E-state index in [0.29, 0.717) is 31.7 Å². The fourth-order valence-corrected chi connectivity index (χ4v) is 5.79. The second-order valence-corrected chi connectivity index (χ2v) is 12.3. The van der Waals surface area contributed by atoms with Crippen LogP contribution in [0.5, 0.6) is 0 Å². The zero-order valence-electron chi connectivity index (χ0n) is 19.4. The Labute approximate surface area is 172 Å². The normalized spacial score (nSPS) is 21.5. The van der Waals surface area contributed by atoms with Gasteiger partial charge in [-0.2, -0.15) is 0 Å². The van der Waals surface area contributed by atoms with E-state index in [1.54, 1.807) is 21.3 Å². The first-order valence-corrected chi connectivity index (χ1v) is 12.2. The fourth-order valence-electron chi connectivity index (χ4n) is 4.10. The lowest BCUT2D eigenvalue weighted by molar-refractivity contribution is -0.147. The van der Waals surface area contributed by atoms with Crippen molar-refractivity contribution in [3.8, 4) is 0 Å². The Bertz CT molecular complexity index is 471. The Balaban J connectivity index is 2.39. The summed E-state index contributed by atoms with van der Waals surface area (Å²) in [6, 6.07) is 1.02. The van der Waals surface area contributed by atoms with Gasteiger partial charge in [-0.1, -0.05) is 6.92 Å². The first-order valence-electron chi connectivity index (χ1n) is 10.2. The van der Waals surface area contributed by atoms with Crippen molar-refractivity contribution in [1.82, 2.24) is 10.2 Å². The summed E-state index contributed by atoms with van der Waals surface area (Å²) in [7, 11) is 4.37. The topological polar surface area (TPSA) is 69.3 Å². The molecule has 1 unspecified atom stereocenters. The molecule has 1 rings (SSSR count). The van der Waals surface area contributed by atoms with Gasteiger partial charge in [0, 0.05) is 51.0 Å². The van der Waals surface area contributed by atoms with Crippen molar-refractivity contribution >= 4 is 14.8 Å². The Morgan fingerprint density at radius 3 is 2.07 bits per heavy atom. The van der Waals surface area contributed by atoms with Crippen LogP contribution in [0, 0.1) is 5.92 Å². The van der Waals surface area contributed by atoms with Crippen LogP contribution < -0.4 is 5.32 Å². The number of esters is 1. The van der Waals surface area contributed by atoms with E-state index in [0.717, 1.165) is 12.8 Å². The molecule has 0 bridgehead atoms. The van der Waals surface area contributed by atoms with Crippen LogP contribution in [-0.4, -0.2) is 78.3 Å². The van der Waals surface area contributed by atoms with Gasteiger partial charge in [-0.3, -0.25) is 9.69 Å². The molecule has 7 nitrogen and oxygen atoms in total. The molecule has 1 aliphatic heterocycles. The maximum absolute atomic E-state index is 12.3. The Hall–Kier alpha value is -0.513. The second-order valence-electron chi connectivity index (χ2n) is 9.16. The highest BCUT2D eigenvalue weighted by Crippen LogP contribution is 2.36. The van der Waals surface area contributed by atoms with Crippen LogP contribution in [-0.2, 0) is 22.8 Å². The third-order valence-corrected chi connectivity index (χ3v) is 9.06. The van der Waals surface area contributed by atoms with Crippen LogP contribution in [0.1, 0.15) is 53.9 Å². The molecule has 0 saturated carbocycles. The zero-order chi connectivity index (χ0) is 21.6. The highest BCUT2D eigenvalue weighted by atomic mass is 28.4. The number of ether oxygens (including phenoxy) is 1. The lowest BCUT2D eigenvalue weighted by Gasteiger charge is -2.54. The molecule has 1 heterocycles. The van der Waals surface area contributed by atoms with Gasteiger partial charge in [-0.25, -0.2) is 0 Å². The lowest BCUT2D eigenvalue weighted by Crippen LogP contribution is -2.62. The molecule has 0 radical (unpaired) electrons. The highest BCUT2D eigenvalue weighted by Gasteiger charge is 2.43. The summed E-state index contributed by atoms with van der Waals surface area (Å²) in [6.07, 6.45) is 2.78. The van der Waals surface area contributed by atoms with Crippen LogP contribution in [0.2, 0.25) is 6.04 Å². The highest BCUT2D eigenvalue weighted by molar-refractivity contribution is 6.60. The summed E-state index contributed by atoms with van der Waals surface area (Å²) in [5, 5.41) is 3.60. The molecule has 1 atom stereocenters. The zero-order valence-corrected chi connectivity index (χ0v) is 20.4. The average molecular weight is 419 g/mol. The third-order valence-electron chi connectivity index (χ3n) is 6.23. The molecule has 1 saturated heterocycles. The maximum atomic E-state index is 12.3. The number of carbonyl (C=O) groups excluding carboxylic acids is 1. The summed E-state index contributed by atoms with van der Waals surface area (Å²) in [6.45, 7) is 12.0. The molecular formula is C20H42N2O5Si. The van der Waals surface area contributed by atoms with Crippen LogP contribution in [0.25, 0.3) is 0 Å². The number of likely N-dealkylation sites (tertiary alicyclic amines) is 1. The molecule has 1 fully saturated rings. The quantitative estimate of drug-likeness (QED) is 0.314. The Kier molecular flexibility index (Phi) is 9.57. The van der Waals surface area contributed by atoms with Gasteiger partial charge in [-0.05, 0) is 54.0 Å².